The first-order valence-electron chi connectivity index (χ1n) is 6.59. The van der Waals surface area contributed by atoms with Gasteiger partial charge in [-0.05, 0) is 24.0 Å². The number of rotatable bonds is 3. The molecule has 96 valence electrons. The standard InChI is InChI=1S/C14H25NOSi/c1-14(2)9-11(15-10-14)8-12-6-7-13(16-12)17(3,4)5/h6-7,11,15H,8-10H2,1-5H3. The van der Waals surface area contributed by atoms with Gasteiger partial charge in [0, 0.05) is 19.0 Å². The Bertz CT molecular complexity index is 389. The predicted molar refractivity (Wildman–Crippen MR) is 75.6 cm³/mol. The summed E-state index contributed by atoms with van der Waals surface area (Å²) in [5.41, 5.74) is 0.443. The van der Waals surface area contributed by atoms with Crippen LogP contribution in [0.15, 0.2) is 16.5 Å². The van der Waals surface area contributed by atoms with E-state index in [9.17, 15) is 0 Å². The molecular formula is C14H25NOSi. The van der Waals surface area contributed by atoms with E-state index in [2.05, 4.69) is 50.9 Å². The number of hydrogen-bond donors (Lipinski definition) is 1. The molecule has 1 unspecified atom stereocenters. The highest BCUT2D eigenvalue weighted by Gasteiger charge is 2.31. The zero-order valence-corrected chi connectivity index (χ0v) is 12.8. The molecule has 0 bridgehead atoms. The number of nitrogens with one attached hydrogen (secondary N) is 1. The van der Waals surface area contributed by atoms with Crippen molar-refractivity contribution in [3.05, 3.63) is 17.9 Å². The molecular weight excluding hydrogens is 226 g/mol. The normalized spacial score (nSPS) is 24.2. The average Bonchev–Trinajstić information content (AvgIpc) is 2.72. The Morgan fingerprint density at radius 2 is 2.06 bits per heavy atom. The molecule has 1 fully saturated rings. The molecule has 1 aliphatic heterocycles. The highest BCUT2D eigenvalue weighted by atomic mass is 28.3. The molecule has 1 atom stereocenters. The highest BCUT2D eigenvalue weighted by Crippen LogP contribution is 2.28. The first-order valence-corrected chi connectivity index (χ1v) is 10.1. The molecule has 1 aliphatic rings. The van der Waals surface area contributed by atoms with Crippen molar-refractivity contribution in [2.75, 3.05) is 6.54 Å². The van der Waals surface area contributed by atoms with Crippen LogP contribution in [0.3, 0.4) is 0 Å². The zero-order chi connectivity index (χ0) is 12.7. The Morgan fingerprint density at radius 1 is 1.35 bits per heavy atom. The topological polar surface area (TPSA) is 25.2 Å². The fourth-order valence-electron chi connectivity index (χ4n) is 2.51. The van der Waals surface area contributed by atoms with Crippen LogP contribution in [-0.2, 0) is 6.42 Å². The second-order valence-electron chi connectivity index (χ2n) is 7.17. The van der Waals surface area contributed by atoms with E-state index in [1.807, 2.05) is 0 Å². The lowest BCUT2D eigenvalue weighted by atomic mass is 9.90. The maximum atomic E-state index is 6.00. The largest absolute Gasteiger partial charge is 0.471 e. The lowest BCUT2D eigenvalue weighted by molar-refractivity contribution is 0.395. The predicted octanol–water partition coefficient (Wildman–Crippen LogP) is 2.76. The van der Waals surface area contributed by atoms with Gasteiger partial charge in [-0.3, -0.25) is 0 Å². The smallest absolute Gasteiger partial charge is 0.123 e. The van der Waals surface area contributed by atoms with E-state index in [-0.39, 0.29) is 0 Å². The number of hydrogen-bond acceptors (Lipinski definition) is 2. The summed E-state index contributed by atoms with van der Waals surface area (Å²) >= 11 is 0. The van der Waals surface area contributed by atoms with Crippen molar-refractivity contribution in [3.63, 3.8) is 0 Å². The van der Waals surface area contributed by atoms with Crippen LogP contribution in [0.25, 0.3) is 0 Å². The summed E-state index contributed by atoms with van der Waals surface area (Å²) in [6.45, 7) is 12.8. The van der Waals surface area contributed by atoms with Crippen LogP contribution in [0.1, 0.15) is 26.0 Å². The Morgan fingerprint density at radius 3 is 2.53 bits per heavy atom. The van der Waals surface area contributed by atoms with Gasteiger partial charge in [0.1, 0.15) is 13.8 Å². The molecule has 0 aromatic carbocycles. The highest BCUT2D eigenvalue weighted by molar-refractivity contribution is 6.87. The molecule has 2 rings (SSSR count). The van der Waals surface area contributed by atoms with Gasteiger partial charge >= 0.3 is 0 Å². The molecule has 1 aromatic rings. The number of furan rings is 1. The summed E-state index contributed by atoms with van der Waals surface area (Å²) in [6, 6.07) is 4.94. The van der Waals surface area contributed by atoms with Gasteiger partial charge in [-0.1, -0.05) is 33.5 Å². The van der Waals surface area contributed by atoms with E-state index in [1.54, 1.807) is 0 Å². The summed E-state index contributed by atoms with van der Waals surface area (Å²) in [4.78, 5) is 0. The second kappa shape index (κ2) is 4.29. The van der Waals surface area contributed by atoms with Crippen molar-refractivity contribution in [2.45, 2.75) is 52.4 Å². The Balaban J connectivity index is 1.99. The van der Waals surface area contributed by atoms with Gasteiger partial charge in [-0.15, -0.1) is 0 Å². The third-order valence-corrected chi connectivity index (χ3v) is 5.26. The van der Waals surface area contributed by atoms with Crippen LogP contribution in [0.4, 0.5) is 0 Å². The van der Waals surface area contributed by atoms with E-state index in [0.717, 1.165) is 18.7 Å². The van der Waals surface area contributed by atoms with Gasteiger partial charge in [-0.2, -0.15) is 0 Å². The summed E-state index contributed by atoms with van der Waals surface area (Å²) in [5.74, 6) is 1.15. The average molecular weight is 251 g/mol. The molecule has 1 aromatic heterocycles. The van der Waals surface area contributed by atoms with Gasteiger partial charge in [0.25, 0.3) is 0 Å². The second-order valence-corrected chi connectivity index (χ2v) is 12.2. The zero-order valence-electron chi connectivity index (χ0n) is 11.8. The van der Waals surface area contributed by atoms with Gasteiger partial charge < -0.3 is 9.73 Å². The van der Waals surface area contributed by atoms with Crippen LogP contribution in [0, 0.1) is 5.41 Å². The van der Waals surface area contributed by atoms with Crippen LogP contribution < -0.4 is 10.7 Å². The Kier molecular flexibility index (Phi) is 3.25. The lowest BCUT2D eigenvalue weighted by Crippen LogP contribution is -2.36. The molecule has 0 radical (unpaired) electrons. The molecule has 17 heavy (non-hydrogen) atoms. The van der Waals surface area contributed by atoms with Crippen molar-refractivity contribution in [2.24, 2.45) is 5.41 Å². The van der Waals surface area contributed by atoms with E-state index < -0.39 is 8.07 Å². The molecule has 2 heterocycles. The SMILES string of the molecule is CC1(C)CNC(Cc2ccc([Si](C)(C)C)o2)C1. The molecule has 0 amide bonds. The minimum atomic E-state index is -1.28. The fraction of sp³-hybridized carbons (Fsp3) is 0.714. The molecule has 0 saturated carbocycles. The third-order valence-electron chi connectivity index (χ3n) is 3.52. The minimum Gasteiger partial charge on any atom is -0.471 e. The van der Waals surface area contributed by atoms with Crippen molar-refractivity contribution in [1.29, 1.82) is 0 Å². The minimum absolute atomic E-state index is 0.443. The fourth-order valence-corrected chi connectivity index (χ4v) is 3.53. The third kappa shape index (κ3) is 3.23. The molecule has 2 nitrogen and oxygen atoms in total. The van der Waals surface area contributed by atoms with Crippen molar-refractivity contribution in [1.82, 2.24) is 5.32 Å². The molecule has 0 spiro atoms. The Hall–Kier alpha value is -0.543. The summed E-state index contributed by atoms with van der Waals surface area (Å²) in [7, 11) is -1.28. The lowest BCUT2D eigenvalue weighted by Gasteiger charge is -2.15. The summed E-state index contributed by atoms with van der Waals surface area (Å²) < 4.78 is 6.00. The van der Waals surface area contributed by atoms with E-state index in [4.69, 9.17) is 4.42 Å². The maximum Gasteiger partial charge on any atom is 0.123 e. The summed E-state index contributed by atoms with van der Waals surface area (Å²) in [5, 5.41) is 4.82. The van der Waals surface area contributed by atoms with Crippen LogP contribution in [0.5, 0.6) is 0 Å². The van der Waals surface area contributed by atoms with Crippen LogP contribution in [-0.4, -0.2) is 20.7 Å². The molecule has 0 aliphatic carbocycles. The van der Waals surface area contributed by atoms with Gasteiger partial charge in [0.2, 0.25) is 0 Å². The van der Waals surface area contributed by atoms with Gasteiger partial charge in [-0.25, -0.2) is 0 Å². The van der Waals surface area contributed by atoms with E-state index in [0.29, 0.717) is 11.5 Å². The van der Waals surface area contributed by atoms with Crippen LogP contribution >= 0.6 is 0 Å². The molecule has 1 saturated heterocycles. The van der Waals surface area contributed by atoms with Gasteiger partial charge in [0.05, 0.1) is 5.38 Å². The van der Waals surface area contributed by atoms with Gasteiger partial charge in [0.15, 0.2) is 0 Å². The summed E-state index contributed by atoms with van der Waals surface area (Å²) in [6.07, 6.45) is 2.28. The maximum absolute atomic E-state index is 6.00. The van der Waals surface area contributed by atoms with Crippen molar-refractivity contribution < 1.29 is 4.42 Å². The van der Waals surface area contributed by atoms with Crippen LogP contribution in [0.2, 0.25) is 19.6 Å². The molecule has 3 heteroatoms. The quantitative estimate of drug-likeness (QED) is 0.836. The Labute approximate surface area is 106 Å². The molecule has 1 N–H and O–H groups in total. The monoisotopic (exact) mass is 251 g/mol. The first-order chi connectivity index (χ1) is 7.76. The van der Waals surface area contributed by atoms with E-state index in [1.165, 1.54) is 11.8 Å². The first kappa shape index (κ1) is 12.9. The van der Waals surface area contributed by atoms with E-state index >= 15 is 0 Å². The van der Waals surface area contributed by atoms with Crippen molar-refractivity contribution in [3.8, 4) is 0 Å². The van der Waals surface area contributed by atoms with Crippen molar-refractivity contribution >= 4 is 13.5 Å².